The summed E-state index contributed by atoms with van der Waals surface area (Å²) in [5.74, 6) is 1.37. The topological polar surface area (TPSA) is 79.8 Å². The fourth-order valence-corrected chi connectivity index (χ4v) is 6.06. The van der Waals surface area contributed by atoms with Crippen molar-refractivity contribution >= 4 is 35.0 Å². The van der Waals surface area contributed by atoms with E-state index in [-0.39, 0.29) is 23.8 Å². The SMILES string of the molecule is COC(=O)c1ccc(C2Nc3ccc(C(C)=NNC(=O)CSCc4ccc(C)cc4)cc3C3C=CCC32)cc1. The van der Waals surface area contributed by atoms with Crippen molar-refractivity contribution < 1.29 is 14.3 Å². The van der Waals surface area contributed by atoms with E-state index in [2.05, 4.69) is 71.3 Å². The first-order valence-electron chi connectivity index (χ1n) is 13.1. The van der Waals surface area contributed by atoms with Crippen LogP contribution in [0.2, 0.25) is 0 Å². The molecule has 2 N–H and O–H groups in total. The van der Waals surface area contributed by atoms with Crippen molar-refractivity contribution in [1.82, 2.24) is 5.43 Å². The lowest BCUT2D eigenvalue weighted by atomic mass is 9.76. The number of nitrogens with zero attached hydrogens (tertiary/aromatic N) is 1. The van der Waals surface area contributed by atoms with E-state index in [0.29, 0.717) is 17.2 Å². The van der Waals surface area contributed by atoms with Crippen molar-refractivity contribution in [3.8, 4) is 0 Å². The van der Waals surface area contributed by atoms with Gasteiger partial charge in [-0.2, -0.15) is 5.10 Å². The van der Waals surface area contributed by atoms with Gasteiger partial charge in [-0.15, -0.1) is 11.8 Å². The highest BCUT2D eigenvalue weighted by Gasteiger charge is 2.38. The number of fused-ring (bicyclic) bond motifs is 3. The number of benzene rings is 3. The number of anilines is 1. The standard InChI is InChI=1S/C32H33N3O3S/c1-20-7-9-22(10-8-20)18-39-19-30(36)35-34-21(2)25-15-16-29-28(17-25)26-5-4-6-27(26)31(33-29)23-11-13-24(14-12-23)32(37)38-3/h4-5,7-17,26-27,31,33H,6,18-19H2,1-3H3,(H,35,36). The van der Waals surface area contributed by atoms with Crippen molar-refractivity contribution in [2.45, 2.75) is 38.0 Å². The molecule has 0 spiro atoms. The van der Waals surface area contributed by atoms with Crippen LogP contribution in [-0.2, 0) is 15.3 Å². The molecule has 0 saturated carbocycles. The van der Waals surface area contributed by atoms with Gasteiger partial charge in [0.15, 0.2) is 0 Å². The van der Waals surface area contributed by atoms with Crippen molar-refractivity contribution in [2.75, 3.05) is 18.2 Å². The lowest BCUT2D eigenvalue weighted by Gasteiger charge is -2.37. The van der Waals surface area contributed by atoms with E-state index in [4.69, 9.17) is 4.74 Å². The molecule has 3 atom stereocenters. The number of allylic oxidation sites excluding steroid dienone is 2. The molecular formula is C32H33N3O3S. The van der Waals surface area contributed by atoms with Crippen LogP contribution < -0.4 is 10.7 Å². The maximum Gasteiger partial charge on any atom is 0.337 e. The highest BCUT2D eigenvalue weighted by atomic mass is 32.2. The Hall–Kier alpha value is -3.84. The fraction of sp³-hybridized carbons (Fsp3) is 0.281. The molecule has 1 heterocycles. The number of hydrogen-bond donors (Lipinski definition) is 2. The van der Waals surface area contributed by atoms with Gasteiger partial charge in [-0.1, -0.05) is 60.2 Å². The summed E-state index contributed by atoms with van der Waals surface area (Å²) in [5, 5.41) is 8.12. The van der Waals surface area contributed by atoms with E-state index >= 15 is 0 Å². The molecule has 7 heteroatoms. The molecule has 1 aliphatic heterocycles. The minimum Gasteiger partial charge on any atom is -0.465 e. The van der Waals surface area contributed by atoms with Crippen LogP contribution in [0.15, 0.2) is 84.0 Å². The number of aryl methyl sites for hydroxylation is 1. The molecule has 39 heavy (non-hydrogen) atoms. The number of methoxy groups -OCH3 is 1. The summed E-state index contributed by atoms with van der Waals surface area (Å²) in [6, 6.07) is 22.5. The van der Waals surface area contributed by atoms with Gasteiger partial charge in [0, 0.05) is 17.4 Å². The molecular weight excluding hydrogens is 506 g/mol. The largest absolute Gasteiger partial charge is 0.465 e. The number of carbonyl (C=O) groups excluding carboxylic acids is 2. The van der Waals surface area contributed by atoms with Gasteiger partial charge in [-0.05, 0) is 72.7 Å². The molecule has 6 nitrogen and oxygen atoms in total. The number of rotatable bonds is 8. The first kappa shape index (κ1) is 26.8. The highest BCUT2D eigenvalue weighted by molar-refractivity contribution is 7.99. The lowest BCUT2D eigenvalue weighted by molar-refractivity contribution is -0.118. The fourth-order valence-electron chi connectivity index (χ4n) is 5.28. The van der Waals surface area contributed by atoms with Crippen molar-refractivity contribution in [3.05, 3.63) is 112 Å². The van der Waals surface area contributed by atoms with Crippen molar-refractivity contribution in [1.29, 1.82) is 0 Å². The number of ether oxygens (including phenoxy) is 1. The molecule has 200 valence electrons. The first-order valence-corrected chi connectivity index (χ1v) is 14.3. The normalized spacial score (nSPS) is 19.6. The van der Waals surface area contributed by atoms with Gasteiger partial charge >= 0.3 is 5.97 Å². The number of amides is 1. The minimum absolute atomic E-state index is 0.106. The van der Waals surface area contributed by atoms with Gasteiger partial charge in [0.2, 0.25) is 5.91 Å². The second-order valence-corrected chi connectivity index (χ2v) is 11.1. The van der Waals surface area contributed by atoms with Crippen molar-refractivity contribution in [3.63, 3.8) is 0 Å². The summed E-state index contributed by atoms with van der Waals surface area (Å²) in [6.45, 7) is 3.99. The molecule has 3 aromatic carbocycles. The zero-order valence-electron chi connectivity index (χ0n) is 22.4. The van der Waals surface area contributed by atoms with Crippen LogP contribution in [0.1, 0.15) is 63.5 Å². The van der Waals surface area contributed by atoms with Gasteiger partial charge in [0.05, 0.1) is 30.2 Å². The summed E-state index contributed by atoms with van der Waals surface area (Å²) >= 11 is 1.58. The van der Waals surface area contributed by atoms with Crippen LogP contribution >= 0.6 is 11.8 Å². The molecule has 3 unspecified atom stereocenters. The van der Waals surface area contributed by atoms with Gasteiger partial charge in [-0.25, -0.2) is 10.2 Å². The molecule has 2 aliphatic rings. The Morgan fingerprint density at radius 1 is 1.05 bits per heavy atom. The number of hydrazone groups is 1. The third-order valence-electron chi connectivity index (χ3n) is 7.44. The quantitative estimate of drug-likeness (QED) is 0.150. The highest BCUT2D eigenvalue weighted by Crippen LogP contribution is 2.50. The Morgan fingerprint density at radius 3 is 2.54 bits per heavy atom. The number of carbonyl (C=O) groups is 2. The molecule has 5 rings (SSSR count). The van der Waals surface area contributed by atoms with Gasteiger partial charge in [-0.3, -0.25) is 4.79 Å². The van der Waals surface area contributed by atoms with Gasteiger partial charge < -0.3 is 10.1 Å². The number of hydrogen-bond acceptors (Lipinski definition) is 6. The number of thioether (sulfide) groups is 1. The van der Waals surface area contributed by atoms with E-state index in [0.717, 1.165) is 34.7 Å². The zero-order chi connectivity index (χ0) is 27.4. The van der Waals surface area contributed by atoms with Crippen LogP contribution in [0.25, 0.3) is 0 Å². The van der Waals surface area contributed by atoms with E-state index in [1.54, 1.807) is 11.8 Å². The Bertz CT molecular complexity index is 1410. The maximum absolute atomic E-state index is 12.4. The molecule has 1 amide bonds. The molecule has 0 aromatic heterocycles. The monoisotopic (exact) mass is 539 g/mol. The van der Waals surface area contributed by atoms with Gasteiger partial charge in [0.1, 0.15) is 0 Å². The predicted octanol–water partition coefficient (Wildman–Crippen LogP) is 6.38. The Morgan fingerprint density at radius 2 is 1.79 bits per heavy atom. The van der Waals surface area contributed by atoms with E-state index in [9.17, 15) is 9.59 Å². The molecule has 3 aromatic rings. The summed E-state index contributed by atoms with van der Waals surface area (Å²) < 4.78 is 4.84. The minimum atomic E-state index is -0.328. The van der Waals surface area contributed by atoms with Crippen LogP contribution in [0.3, 0.4) is 0 Å². The molecule has 0 radical (unpaired) electrons. The van der Waals surface area contributed by atoms with Crippen LogP contribution in [0.5, 0.6) is 0 Å². The molecule has 0 fully saturated rings. The first-order chi connectivity index (χ1) is 18.9. The second kappa shape index (κ2) is 11.9. The average molecular weight is 540 g/mol. The Kier molecular flexibility index (Phi) is 8.17. The zero-order valence-corrected chi connectivity index (χ0v) is 23.3. The molecule has 1 aliphatic carbocycles. The third kappa shape index (κ3) is 6.09. The predicted molar refractivity (Wildman–Crippen MR) is 158 cm³/mol. The van der Waals surface area contributed by atoms with Crippen molar-refractivity contribution in [2.24, 2.45) is 11.0 Å². The number of nitrogens with one attached hydrogen (secondary N) is 2. The van der Waals surface area contributed by atoms with Crippen LogP contribution in [0.4, 0.5) is 5.69 Å². The lowest BCUT2D eigenvalue weighted by Crippen LogP contribution is -2.29. The third-order valence-corrected chi connectivity index (χ3v) is 8.45. The Labute approximate surface area is 233 Å². The Balaban J connectivity index is 1.24. The van der Waals surface area contributed by atoms with E-state index < -0.39 is 0 Å². The summed E-state index contributed by atoms with van der Waals surface area (Å²) in [4.78, 5) is 24.2. The van der Waals surface area contributed by atoms with Gasteiger partial charge in [0.25, 0.3) is 0 Å². The summed E-state index contributed by atoms with van der Waals surface area (Å²) in [6.07, 6.45) is 5.53. The van der Waals surface area contributed by atoms with Crippen LogP contribution in [0, 0.1) is 12.8 Å². The second-order valence-electron chi connectivity index (χ2n) is 10.1. The van der Waals surface area contributed by atoms with E-state index in [1.165, 1.54) is 23.8 Å². The maximum atomic E-state index is 12.4. The number of esters is 1. The van der Waals surface area contributed by atoms with E-state index in [1.807, 2.05) is 37.3 Å². The molecule has 0 bridgehead atoms. The smallest absolute Gasteiger partial charge is 0.337 e. The summed E-state index contributed by atoms with van der Waals surface area (Å²) in [5.41, 5.74) is 11.0. The average Bonchev–Trinajstić information content (AvgIpc) is 3.46. The van der Waals surface area contributed by atoms with Crippen LogP contribution in [-0.4, -0.2) is 30.5 Å². The molecule has 0 saturated heterocycles. The summed E-state index contributed by atoms with van der Waals surface area (Å²) in [7, 11) is 1.39.